The van der Waals surface area contributed by atoms with Crippen molar-refractivity contribution < 1.29 is 22.8 Å². The molecule has 0 aliphatic heterocycles. The summed E-state index contributed by atoms with van der Waals surface area (Å²) in [7, 11) is -4.22. The number of hydrogen-bond acceptors (Lipinski definition) is 2. The van der Waals surface area contributed by atoms with Gasteiger partial charge in [0.1, 0.15) is 0 Å². The molecule has 3 nitrogen and oxygen atoms in total. The topological polar surface area (TPSA) is 46.5 Å². The summed E-state index contributed by atoms with van der Waals surface area (Å²) in [5.41, 5.74) is -3.42. The van der Waals surface area contributed by atoms with Crippen LogP contribution in [-0.2, 0) is 20.2 Å². The lowest BCUT2D eigenvalue weighted by molar-refractivity contribution is 0.0504. The average molecular weight is 292 g/mol. The molecule has 0 saturated heterocycles. The van der Waals surface area contributed by atoms with Gasteiger partial charge in [0, 0.05) is 12.7 Å². The molecule has 19 heavy (non-hydrogen) atoms. The van der Waals surface area contributed by atoms with E-state index in [4.69, 9.17) is 0 Å². The van der Waals surface area contributed by atoms with E-state index in [9.17, 15) is 18.2 Å². The predicted octanol–water partition coefficient (Wildman–Crippen LogP) is 4.17. The maximum atomic E-state index is 14.0. The zero-order valence-corrected chi connectivity index (χ0v) is 12.6. The summed E-state index contributed by atoms with van der Waals surface area (Å²) in [4.78, 5) is 9.24. The summed E-state index contributed by atoms with van der Waals surface area (Å²) in [6, 6.07) is 4.35. The van der Waals surface area contributed by atoms with Crippen LogP contribution in [0.25, 0.3) is 0 Å². The monoisotopic (exact) mass is 292 g/mol. The van der Waals surface area contributed by atoms with Gasteiger partial charge in [0.05, 0.1) is 0 Å². The van der Waals surface area contributed by atoms with E-state index in [2.05, 4.69) is 4.52 Å². The Morgan fingerprint density at radius 1 is 1.26 bits per heavy atom. The van der Waals surface area contributed by atoms with Gasteiger partial charge >= 0.3 is 13.3 Å². The fourth-order valence-electron chi connectivity index (χ4n) is 1.73. The summed E-state index contributed by atoms with van der Waals surface area (Å²) < 4.78 is 43.5. The van der Waals surface area contributed by atoms with Gasteiger partial charge in [0.25, 0.3) is 0 Å². The van der Waals surface area contributed by atoms with Gasteiger partial charge in [-0.1, -0.05) is 39.0 Å². The lowest BCUT2D eigenvalue weighted by atomic mass is 9.85. The quantitative estimate of drug-likeness (QED) is 0.850. The van der Waals surface area contributed by atoms with Crippen molar-refractivity contribution in [1.29, 1.82) is 0 Å². The van der Waals surface area contributed by atoms with Crippen molar-refractivity contribution in [3.63, 3.8) is 0 Å². The van der Waals surface area contributed by atoms with Crippen molar-refractivity contribution in [2.24, 2.45) is 0 Å². The Bertz CT molecular complexity index is 521. The third-order valence-electron chi connectivity index (χ3n) is 3.02. The Morgan fingerprint density at radius 3 is 2.16 bits per heavy atom. The Morgan fingerprint density at radius 2 is 1.79 bits per heavy atom. The summed E-state index contributed by atoms with van der Waals surface area (Å²) in [5.74, 6) is 0. The van der Waals surface area contributed by atoms with Crippen LogP contribution in [0.2, 0.25) is 0 Å². The van der Waals surface area contributed by atoms with Gasteiger partial charge in [0.15, 0.2) is 0 Å². The fraction of sp³-hybridized carbons (Fsp3) is 0.538. The first-order valence-corrected chi connectivity index (χ1v) is 7.39. The number of benzene rings is 1. The van der Waals surface area contributed by atoms with Crippen LogP contribution in [0.4, 0.5) is 8.78 Å². The van der Waals surface area contributed by atoms with Crippen molar-refractivity contribution in [3.8, 4) is 0 Å². The van der Waals surface area contributed by atoms with Gasteiger partial charge in [-0.15, -0.1) is 0 Å². The minimum Gasteiger partial charge on any atom is -0.320 e. The van der Waals surface area contributed by atoms with Crippen LogP contribution in [0.1, 0.15) is 37.5 Å². The smallest absolute Gasteiger partial charge is 0.320 e. The van der Waals surface area contributed by atoms with E-state index in [1.165, 1.54) is 13.0 Å². The second-order valence-corrected chi connectivity index (χ2v) is 7.49. The van der Waals surface area contributed by atoms with Crippen LogP contribution in [0, 0.1) is 6.92 Å². The summed E-state index contributed by atoms with van der Waals surface area (Å²) >= 11 is 0. The molecule has 0 aliphatic rings. The Kier molecular flexibility index (Phi) is 4.26. The zero-order chi connectivity index (χ0) is 15.1. The number of hydrogen-bond donors (Lipinski definition) is 1. The van der Waals surface area contributed by atoms with E-state index in [0.29, 0.717) is 0 Å². The van der Waals surface area contributed by atoms with Crippen molar-refractivity contribution in [3.05, 3.63) is 34.9 Å². The van der Waals surface area contributed by atoms with Crippen LogP contribution in [0.5, 0.6) is 0 Å². The van der Waals surface area contributed by atoms with E-state index >= 15 is 0 Å². The lowest BCUT2D eigenvalue weighted by Gasteiger charge is -2.25. The van der Waals surface area contributed by atoms with Crippen molar-refractivity contribution in [1.82, 2.24) is 0 Å². The van der Waals surface area contributed by atoms with Crippen LogP contribution < -0.4 is 0 Å². The van der Waals surface area contributed by atoms with E-state index < -0.39 is 18.8 Å². The molecule has 0 amide bonds. The summed E-state index contributed by atoms with van der Waals surface area (Å²) in [5, 5.41) is 0. The van der Waals surface area contributed by atoms with Crippen molar-refractivity contribution in [2.45, 2.75) is 38.8 Å². The van der Waals surface area contributed by atoms with Crippen LogP contribution >= 0.6 is 7.60 Å². The SMILES string of the molecule is COP(=O)(O)C(F)(F)c1ccc(C(C)(C)C)cc1C. The first-order chi connectivity index (χ1) is 8.43. The minimum absolute atomic E-state index is 0.178. The molecule has 6 heteroatoms. The van der Waals surface area contributed by atoms with Gasteiger partial charge in [-0.05, 0) is 23.5 Å². The van der Waals surface area contributed by atoms with Crippen LogP contribution in [-0.4, -0.2) is 12.0 Å². The molecule has 108 valence electrons. The lowest BCUT2D eigenvalue weighted by Crippen LogP contribution is -2.18. The molecular weight excluding hydrogens is 273 g/mol. The molecule has 1 rings (SSSR count). The standard InChI is InChI=1S/C13H19F2O3P/c1-9-8-10(12(2,3)4)6-7-11(9)13(14,15)19(16,17)18-5/h6-8H,1-5H3,(H,16,17). The third kappa shape index (κ3) is 3.04. The van der Waals surface area contributed by atoms with Crippen molar-refractivity contribution >= 4 is 7.60 Å². The number of rotatable bonds is 3. The first-order valence-electron chi connectivity index (χ1n) is 5.81. The summed E-state index contributed by atoms with van der Waals surface area (Å²) in [6.45, 7) is 7.39. The largest absolute Gasteiger partial charge is 0.401 e. The molecule has 0 aromatic heterocycles. The molecule has 0 saturated carbocycles. The summed E-state index contributed by atoms with van der Waals surface area (Å²) in [6.07, 6.45) is 0. The average Bonchev–Trinajstić information content (AvgIpc) is 2.27. The Balaban J connectivity index is 3.35. The fourth-order valence-corrected chi connectivity index (χ4v) is 2.52. The molecule has 1 aromatic rings. The molecule has 1 atom stereocenters. The van der Waals surface area contributed by atoms with Gasteiger partial charge < -0.3 is 9.42 Å². The zero-order valence-electron chi connectivity index (χ0n) is 11.7. The molecule has 1 unspecified atom stereocenters. The number of aryl methyl sites for hydroxylation is 1. The maximum absolute atomic E-state index is 14.0. The Hall–Kier alpha value is -0.770. The molecule has 0 aliphatic carbocycles. The molecule has 0 radical (unpaired) electrons. The molecular formula is C13H19F2O3P. The second-order valence-electron chi connectivity index (χ2n) is 5.52. The van der Waals surface area contributed by atoms with Crippen LogP contribution in [0.3, 0.4) is 0 Å². The highest BCUT2D eigenvalue weighted by Gasteiger charge is 2.52. The molecule has 0 heterocycles. The van der Waals surface area contributed by atoms with E-state index in [-0.39, 0.29) is 11.0 Å². The minimum atomic E-state index is -5.01. The Labute approximate surface area is 112 Å². The molecule has 1 N–H and O–H groups in total. The van der Waals surface area contributed by atoms with Crippen LogP contribution in [0.15, 0.2) is 18.2 Å². The third-order valence-corrected chi connectivity index (χ3v) is 4.46. The van der Waals surface area contributed by atoms with E-state index in [1.807, 2.05) is 20.8 Å². The van der Waals surface area contributed by atoms with Crippen molar-refractivity contribution in [2.75, 3.05) is 7.11 Å². The molecule has 1 aromatic carbocycles. The van der Waals surface area contributed by atoms with Gasteiger partial charge in [-0.3, -0.25) is 4.57 Å². The molecule has 0 fully saturated rings. The first kappa shape index (κ1) is 16.3. The van der Waals surface area contributed by atoms with Gasteiger partial charge in [0.2, 0.25) is 0 Å². The highest BCUT2D eigenvalue weighted by Crippen LogP contribution is 2.63. The highest BCUT2D eigenvalue weighted by atomic mass is 31.2. The van der Waals surface area contributed by atoms with E-state index in [1.54, 1.807) is 12.1 Å². The van der Waals surface area contributed by atoms with Gasteiger partial charge in [-0.25, -0.2) is 0 Å². The highest BCUT2D eigenvalue weighted by molar-refractivity contribution is 7.53. The number of halogens is 2. The second kappa shape index (κ2) is 4.97. The van der Waals surface area contributed by atoms with Gasteiger partial charge in [-0.2, -0.15) is 8.78 Å². The number of alkyl halides is 2. The molecule has 0 spiro atoms. The maximum Gasteiger partial charge on any atom is 0.401 e. The molecule has 0 bridgehead atoms. The normalized spacial score (nSPS) is 16.2. The predicted molar refractivity (Wildman–Crippen MR) is 70.6 cm³/mol. The van der Waals surface area contributed by atoms with E-state index in [0.717, 1.165) is 12.7 Å².